The first-order chi connectivity index (χ1) is 9.97. The van der Waals surface area contributed by atoms with Crippen LogP contribution in [0.25, 0.3) is 0 Å². The van der Waals surface area contributed by atoms with Crippen molar-refractivity contribution >= 4 is 34.1 Å². The van der Waals surface area contributed by atoms with E-state index in [0.717, 1.165) is 11.3 Å². The first kappa shape index (κ1) is 17.2. The number of anilines is 1. The van der Waals surface area contributed by atoms with Crippen molar-refractivity contribution in [3.8, 4) is 0 Å². The van der Waals surface area contributed by atoms with Crippen molar-refractivity contribution < 1.29 is 19.1 Å². The molecule has 1 aromatic heterocycles. The maximum absolute atomic E-state index is 11.9. The van der Waals surface area contributed by atoms with Gasteiger partial charge in [-0.3, -0.25) is 9.59 Å². The van der Waals surface area contributed by atoms with Crippen LogP contribution in [-0.2, 0) is 20.7 Å². The maximum Gasteiger partial charge on any atom is 0.341 e. The number of amides is 2. The van der Waals surface area contributed by atoms with Gasteiger partial charge >= 0.3 is 5.97 Å². The Bertz CT molecular complexity index is 525. The number of thiophene rings is 1. The molecule has 0 aromatic carbocycles. The summed E-state index contributed by atoms with van der Waals surface area (Å²) in [4.78, 5) is 35.4. The number of carbonyl (C=O) groups is 3. The van der Waals surface area contributed by atoms with Gasteiger partial charge in [-0.05, 0) is 19.4 Å². The molecule has 7 heteroatoms. The number of hydrogen-bond donors (Lipinski definition) is 2. The molecular formula is C14H20N2O4S. The lowest BCUT2D eigenvalue weighted by atomic mass is 10.2. The number of hydrogen-bond acceptors (Lipinski definition) is 5. The van der Waals surface area contributed by atoms with Crippen LogP contribution < -0.4 is 10.6 Å². The molecule has 0 saturated heterocycles. The SMILES string of the molecule is CCOC(=O)c1cc(CC)sc1NC(=O)CCNC(C)=O. The molecule has 116 valence electrons. The van der Waals surface area contributed by atoms with E-state index in [-0.39, 0.29) is 31.4 Å². The molecule has 0 saturated carbocycles. The molecule has 0 fully saturated rings. The highest BCUT2D eigenvalue weighted by Gasteiger charge is 2.18. The molecule has 2 amide bonds. The third-order valence-corrected chi connectivity index (χ3v) is 3.80. The predicted molar refractivity (Wildman–Crippen MR) is 81.6 cm³/mol. The van der Waals surface area contributed by atoms with Crippen LogP contribution in [0.2, 0.25) is 0 Å². The van der Waals surface area contributed by atoms with Crippen LogP contribution in [-0.4, -0.2) is 30.9 Å². The summed E-state index contributed by atoms with van der Waals surface area (Å²) < 4.78 is 4.98. The Kier molecular flexibility index (Phi) is 6.87. The first-order valence-corrected chi connectivity index (χ1v) is 7.63. The lowest BCUT2D eigenvalue weighted by molar-refractivity contribution is -0.119. The highest BCUT2D eigenvalue weighted by molar-refractivity contribution is 7.16. The molecular weight excluding hydrogens is 292 g/mol. The Morgan fingerprint density at radius 3 is 2.57 bits per heavy atom. The Morgan fingerprint density at radius 1 is 1.29 bits per heavy atom. The molecule has 0 radical (unpaired) electrons. The summed E-state index contributed by atoms with van der Waals surface area (Å²) in [7, 11) is 0. The highest BCUT2D eigenvalue weighted by atomic mass is 32.1. The molecule has 0 spiro atoms. The van der Waals surface area contributed by atoms with Gasteiger partial charge in [-0.25, -0.2) is 4.79 Å². The first-order valence-electron chi connectivity index (χ1n) is 6.82. The molecule has 1 aromatic rings. The predicted octanol–water partition coefficient (Wildman–Crippen LogP) is 1.95. The van der Waals surface area contributed by atoms with E-state index in [2.05, 4.69) is 10.6 Å². The molecule has 1 heterocycles. The zero-order valence-electron chi connectivity index (χ0n) is 12.4. The Morgan fingerprint density at radius 2 is 2.00 bits per heavy atom. The average molecular weight is 312 g/mol. The van der Waals surface area contributed by atoms with Gasteiger partial charge in [0.25, 0.3) is 0 Å². The summed E-state index contributed by atoms with van der Waals surface area (Å²) in [5.41, 5.74) is 0.381. The molecule has 2 N–H and O–H groups in total. The Hall–Kier alpha value is -1.89. The highest BCUT2D eigenvalue weighted by Crippen LogP contribution is 2.29. The quantitative estimate of drug-likeness (QED) is 0.754. The summed E-state index contributed by atoms with van der Waals surface area (Å²) in [5, 5.41) is 5.75. The summed E-state index contributed by atoms with van der Waals surface area (Å²) in [5.74, 6) is -0.871. The van der Waals surface area contributed by atoms with Crippen molar-refractivity contribution in [1.29, 1.82) is 0 Å². The zero-order valence-corrected chi connectivity index (χ0v) is 13.3. The van der Waals surface area contributed by atoms with E-state index < -0.39 is 5.97 Å². The number of rotatable bonds is 7. The number of aryl methyl sites for hydroxylation is 1. The van der Waals surface area contributed by atoms with Crippen LogP contribution in [0.3, 0.4) is 0 Å². The fraction of sp³-hybridized carbons (Fsp3) is 0.500. The lowest BCUT2D eigenvalue weighted by Gasteiger charge is -2.06. The monoisotopic (exact) mass is 312 g/mol. The van der Waals surface area contributed by atoms with Gasteiger partial charge in [0.1, 0.15) is 5.00 Å². The number of nitrogens with one attached hydrogen (secondary N) is 2. The fourth-order valence-electron chi connectivity index (χ4n) is 1.61. The molecule has 0 atom stereocenters. The van der Waals surface area contributed by atoms with E-state index in [1.54, 1.807) is 13.0 Å². The van der Waals surface area contributed by atoms with Crippen LogP contribution in [0.4, 0.5) is 5.00 Å². The molecule has 0 aliphatic carbocycles. The molecule has 6 nitrogen and oxygen atoms in total. The molecule has 0 aliphatic rings. The van der Waals surface area contributed by atoms with Crippen molar-refractivity contribution in [3.05, 3.63) is 16.5 Å². The number of esters is 1. The third kappa shape index (κ3) is 5.55. The minimum atomic E-state index is -0.439. The molecule has 21 heavy (non-hydrogen) atoms. The van der Waals surface area contributed by atoms with Crippen molar-refractivity contribution in [2.45, 2.75) is 33.6 Å². The Labute approximate surface area is 127 Å². The van der Waals surface area contributed by atoms with Crippen molar-refractivity contribution in [2.75, 3.05) is 18.5 Å². The van der Waals surface area contributed by atoms with Gasteiger partial charge in [-0.1, -0.05) is 6.92 Å². The molecule has 0 unspecified atom stereocenters. The van der Waals surface area contributed by atoms with Crippen LogP contribution in [0.15, 0.2) is 6.07 Å². The fourth-order valence-corrected chi connectivity index (χ4v) is 2.61. The van der Waals surface area contributed by atoms with E-state index in [1.807, 2.05) is 6.92 Å². The van der Waals surface area contributed by atoms with Crippen molar-refractivity contribution in [3.63, 3.8) is 0 Å². The van der Waals surface area contributed by atoms with E-state index in [4.69, 9.17) is 4.74 Å². The topological polar surface area (TPSA) is 84.5 Å². The lowest BCUT2D eigenvalue weighted by Crippen LogP contribution is -2.25. The second-order valence-electron chi connectivity index (χ2n) is 4.31. The van der Waals surface area contributed by atoms with Crippen LogP contribution in [0.1, 0.15) is 42.4 Å². The van der Waals surface area contributed by atoms with E-state index in [9.17, 15) is 14.4 Å². The summed E-state index contributed by atoms with van der Waals surface area (Å²) in [6.45, 7) is 5.65. The van der Waals surface area contributed by atoms with Crippen molar-refractivity contribution in [2.24, 2.45) is 0 Å². The summed E-state index contributed by atoms with van der Waals surface area (Å²) >= 11 is 1.36. The summed E-state index contributed by atoms with van der Waals surface area (Å²) in [6.07, 6.45) is 0.931. The van der Waals surface area contributed by atoms with E-state index in [1.165, 1.54) is 18.3 Å². The smallest absolute Gasteiger partial charge is 0.341 e. The van der Waals surface area contributed by atoms with Crippen LogP contribution in [0, 0.1) is 0 Å². The second kappa shape index (κ2) is 8.41. The molecule has 1 rings (SSSR count). The van der Waals surface area contributed by atoms with E-state index in [0.29, 0.717) is 10.6 Å². The minimum absolute atomic E-state index is 0.154. The summed E-state index contributed by atoms with van der Waals surface area (Å²) in [6, 6.07) is 1.74. The maximum atomic E-state index is 11.9. The standard InChI is InChI=1S/C14H20N2O4S/c1-4-10-8-11(14(19)20-5-2)13(21-10)16-12(18)6-7-15-9(3)17/h8H,4-7H2,1-3H3,(H,15,17)(H,16,18). The normalized spacial score (nSPS) is 10.0. The minimum Gasteiger partial charge on any atom is -0.462 e. The Balaban J connectivity index is 2.72. The van der Waals surface area contributed by atoms with Gasteiger partial charge in [0, 0.05) is 24.8 Å². The van der Waals surface area contributed by atoms with Crippen molar-refractivity contribution in [1.82, 2.24) is 5.32 Å². The average Bonchev–Trinajstić information content (AvgIpc) is 2.81. The number of ether oxygens (including phenoxy) is 1. The molecule has 0 bridgehead atoms. The second-order valence-corrected chi connectivity index (χ2v) is 5.45. The third-order valence-electron chi connectivity index (χ3n) is 2.61. The van der Waals surface area contributed by atoms with Gasteiger partial charge in [-0.2, -0.15) is 0 Å². The van der Waals surface area contributed by atoms with Crippen LogP contribution >= 0.6 is 11.3 Å². The number of carbonyl (C=O) groups excluding carboxylic acids is 3. The van der Waals surface area contributed by atoms with Gasteiger partial charge in [0.05, 0.1) is 12.2 Å². The van der Waals surface area contributed by atoms with Gasteiger partial charge in [0.15, 0.2) is 0 Å². The van der Waals surface area contributed by atoms with Gasteiger partial charge < -0.3 is 15.4 Å². The largest absolute Gasteiger partial charge is 0.462 e. The molecule has 0 aliphatic heterocycles. The van der Waals surface area contributed by atoms with Gasteiger partial charge in [-0.15, -0.1) is 11.3 Å². The van der Waals surface area contributed by atoms with Gasteiger partial charge in [0.2, 0.25) is 11.8 Å². The van der Waals surface area contributed by atoms with E-state index >= 15 is 0 Å². The van der Waals surface area contributed by atoms with Crippen LogP contribution in [0.5, 0.6) is 0 Å². The zero-order chi connectivity index (χ0) is 15.8.